The molecule has 0 aliphatic rings. The van der Waals surface area contributed by atoms with E-state index in [0.717, 1.165) is 24.5 Å². The van der Waals surface area contributed by atoms with Crippen LogP contribution in [0.25, 0.3) is 0 Å². The standard InChI is InChI=1S/C5H13NS2/c6-2-1-5(3-7)4-8/h5,7-8H,1-4,6H2. The lowest BCUT2D eigenvalue weighted by Gasteiger charge is -2.07. The molecule has 0 bridgehead atoms. The van der Waals surface area contributed by atoms with Crippen molar-refractivity contribution in [2.45, 2.75) is 6.42 Å². The van der Waals surface area contributed by atoms with E-state index in [1.807, 2.05) is 0 Å². The monoisotopic (exact) mass is 151 g/mol. The molecule has 0 atom stereocenters. The average molecular weight is 151 g/mol. The highest BCUT2D eigenvalue weighted by atomic mass is 32.1. The van der Waals surface area contributed by atoms with Gasteiger partial charge < -0.3 is 5.73 Å². The van der Waals surface area contributed by atoms with Gasteiger partial charge in [0.05, 0.1) is 0 Å². The lowest BCUT2D eigenvalue weighted by atomic mass is 10.1. The Kier molecular flexibility index (Phi) is 6.27. The molecule has 0 unspecified atom stereocenters. The Balaban J connectivity index is 3.07. The Hall–Kier alpha value is 0.660. The van der Waals surface area contributed by atoms with E-state index in [0.29, 0.717) is 5.92 Å². The van der Waals surface area contributed by atoms with Crippen LogP contribution in [-0.4, -0.2) is 18.1 Å². The Morgan fingerprint density at radius 1 is 1.25 bits per heavy atom. The van der Waals surface area contributed by atoms with Gasteiger partial charge in [-0.1, -0.05) is 0 Å². The predicted molar refractivity (Wildman–Crippen MR) is 44.9 cm³/mol. The summed E-state index contributed by atoms with van der Waals surface area (Å²) in [7, 11) is 0. The van der Waals surface area contributed by atoms with Crippen molar-refractivity contribution in [3.63, 3.8) is 0 Å². The van der Waals surface area contributed by atoms with Crippen LogP contribution in [0.1, 0.15) is 6.42 Å². The normalized spacial score (nSPS) is 10.5. The quantitative estimate of drug-likeness (QED) is 0.509. The van der Waals surface area contributed by atoms with Crippen LogP contribution < -0.4 is 5.73 Å². The molecule has 8 heavy (non-hydrogen) atoms. The van der Waals surface area contributed by atoms with E-state index in [1.54, 1.807) is 0 Å². The van der Waals surface area contributed by atoms with Crippen molar-refractivity contribution in [2.75, 3.05) is 18.1 Å². The highest BCUT2D eigenvalue weighted by Gasteiger charge is 2.00. The molecule has 0 saturated carbocycles. The summed E-state index contributed by atoms with van der Waals surface area (Å²) in [6, 6.07) is 0. The van der Waals surface area contributed by atoms with Crippen molar-refractivity contribution in [3.8, 4) is 0 Å². The summed E-state index contributed by atoms with van der Waals surface area (Å²) in [6.07, 6.45) is 1.05. The van der Waals surface area contributed by atoms with E-state index < -0.39 is 0 Å². The highest BCUT2D eigenvalue weighted by molar-refractivity contribution is 7.81. The maximum Gasteiger partial charge on any atom is -0.00612 e. The largest absolute Gasteiger partial charge is 0.330 e. The second-order valence-corrected chi connectivity index (χ2v) is 2.54. The molecule has 0 aliphatic heterocycles. The predicted octanol–water partition coefficient (Wildman–Crippen LogP) is 0.811. The molecule has 50 valence electrons. The summed E-state index contributed by atoms with van der Waals surface area (Å²) >= 11 is 8.25. The molecule has 0 radical (unpaired) electrons. The van der Waals surface area contributed by atoms with E-state index >= 15 is 0 Å². The van der Waals surface area contributed by atoms with Crippen LogP contribution in [0, 0.1) is 5.92 Å². The molecule has 0 aromatic carbocycles. The van der Waals surface area contributed by atoms with Crippen LogP contribution in [0.15, 0.2) is 0 Å². The van der Waals surface area contributed by atoms with E-state index in [2.05, 4.69) is 25.3 Å². The number of rotatable bonds is 4. The lowest BCUT2D eigenvalue weighted by molar-refractivity contribution is 0.618. The molecule has 0 aliphatic carbocycles. The molecule has 0 heterocycles. The van der Waals surface area contributed by atoms with Crippen molar-refractivity contribution < 1.29 is 0 Å². The Morgan fingerprint density at radius 2 is 1.75 bits per heavy atom. The number of nitrogens with two attached hydrogens (primary N) is 1. The average Bonchev–Trinajstić information content (AvgIpc) is 1.83. The van der Waals surface area contributed by atoms with Crippen LogP contribution in [0.3, 0.4) is 0 Å². The Morgan fingerprint density at radius 3 is 1.88 bits per heavy atom. The fourth-order valence-corrected chi connectivity index (χ4v) is 1.30. The second-order valence-electron chi connectivity index (χ2n) is 1.81. The molecule has 0 aromatic heterocycles. The second kappa shape index (κ2) is 5.79. The lowest BCUT2D eigenvalue weighted by Crippen LogP contribution is -2.11. The highest BCUT2D eigenvalue weighted by Crippen LogP contribution is 2.04. The minimum Gasteiger partial charge on any atom is -0.330 e. The number of thiol groups is 2. The van der Waals surface area contributed by atoms with Crippen molar-refractivity contribution >= 4 is 25.3 Å². The summed E-state index contributed by atoms with van der Waals surface area (Å²) in [5, 5.41) is 0. The minimum absolute atomic E-state index is 0.603. The van der Waals surface area contributed by atoms with Gasteiger partial charge in [-0.15, -0.1) is 0 Å². The SMILES string of the molecule is NCCC(CS)CS. The molecule has 0 aromatic rings. The molecule has 0 saturated heterocycles. The van der Waals surface area contributed by atoms with Crippen LogP contribution >= 0.6 is 25.3 Å². The first-order chi connectivity index (χ1) is 3.85. The van der Waals surface area contributed by atoms with Crippen molar-refractivity contribution in [2.24, 2.45) is 11.7 Å². The summed E-state index contributed by atoms with van der Waals surface area (Å²) in [4.78, 5) is 0. The zero-order chi connectivity index (χ0) is 6.41. The van der Waals surface area contributed by atoms with Crippen molar-refractivity contribution in [1.29, 1.82) is 0 Å². The fraction of sp³-hybridized carbons (Fsp3) is 1.00. The van der Waals surface area contributed by atoms with E-state index in [1.165, 1.54) is 0 Å². The molecule has 3 heteroatoms. The molecule has 1 nitrogen and oxygen atoms in total. The van der Waals surface area contributed by atoms with Crippen molar-refractivity contribution in [3.05, 3.63) is 0 Å². The summed E-state index contributed by atoms with van der Waals surface area (Å²) < 4.78 is 0. The first-order valence-electron chi connectivity index (χ1n) is 2.77. The maximum absolute atomic E-state index is 5.31. The minimum atomic E-state index is 0.603. The molecule has 2 N–H and O–H groups in total. The molecule has 0 fully saturated rings. The fourth-order valence-electron chi connectivity index (χ4n) is 0.476. The van der Waals surface area contributed by atoms with Gasteiger partial charge in [-0.2, -0.15) is 25.3 Å². The van der Waals surface area contributed by atoms with Crippen LogP contribution in [0.2, 0.25) is 0 Å². The molecule has 0 rings (SSSR count). The van der Waals surface area contributed by atoms with Gasteiger partial charge in [0.25, 0.3) is 0 Å². The third-order valence-corrected chi connectivity index (χ3v) is 2.12. The van der Waals surface area contributed by atoms with Gasteiger partial charge in [0.2, 0.25) is 0 Å². The Bertz CT molecular complexity index is 45.7. The summed E-state index contributed by atoms with van der Waals surface area (Å²) in [5.74, 6) is 2.41. The zero-order valence-electron chi connectivity index (χ0n) is 4.88. The first kappa shape index (κ1) is 8.66. The van der Waals surface area contributed by atoms with E-state index in [9.17, 15) is 0 Å². The van der Waals surface area contributed by atoms with Gasteiger partial charge in [0.15, 0.2) is 0 Å². The van der Waals surface area contributed by atoms with Gasteiger partial charge in [0.1, 0.15) is 0 Å². The van der Waals surface area contributed by atoms with Gasteiger partial charge in [-0.3, -0.25) is 0 Å². The molecular weight excluding hydrogens is 138 g/mol. The number of hydrogen-bond donors (Lipinski definition) is 3. The van der Waals surface area contributed by atoms with Gasteiger partial charge >= 0.3 is 0 Å². The zero-order valence-corrected chi connectivity index (χ0v) is 6.67. The van der Waals surface area contributed by atoms with Gasteiger partial charge in [-0.25, -0.2) is 0 Å². The van der Waals surface area contributed by atoms with E-state index in [-0.39, 0.29) is 0 Å². The van der Waals surface area contributed by atoms with Gasteiger partial charge in [0, 0.05) is 0 Å². The summed E-state index contributed by atoms with van der Waals surface area (Å²) in [5.41, 5.74) is 5.31. The van der Waals surface area contributed by atoms with Gasteiger partial charge in [-0.05, 0) is 30.4 Å². The van der Waals surface area contributed by atoms with Crippen LogP contribution in [0.5, 0.6) is 0 Å². The number of hydrogen-bond acceptors (Lipinski definition) is 3. The topological polar surface area (TPSA) is 26.0 Å². The summed E-state index contributed by atoms with van der Waals surface area (Å²) in [6.45, 7) is 0.756. The maximum atomic E-state index is 5.31. The van der Waals surface area contributed by atoms with E-state index in [4.69, 9.17) is 5.73 Å². The van der Waals surface area contributed by atoms with Crippen molar-refractivity contribution in [1.82, 2.24) is 0 Å². The van der Waals surface area contributed by atoms with Crippen LogP contribution in [0.4, 0.5) is 0 Å². The molecule has 0 amide bonds. The third-order valence-electron chi connectivity index (χ3n) is 1.09. The Labute approximate surface area is 61.8 Å². The molecular formula is C5H13NS2. The third kappa shape index (κ3) is 3.64. The first-order valence-corrected chi connectivity index (χ1v) is 4.03. The van der Waals surface area contributed by atoms with Crippen LogP contribution in [-0.2, 0) is 0 Å². The smallest absolute Gasteiger partial charge is 0.00612 e. The molecule has 0 spiro atoms.